The Morgan fingerprint density at radius 3 is 2.26 bits per heavy atom. The maximum Gasteiger partial charge on any atom is 0.240 e. The number of nitrogens with two attached hydrogens (primary N) is 2. The third-order valence-electron chi connectivity index (χ3n) is 2.45. The smallest absolute Gasteiger partial charge is 0.240 e. The lowest BCUT2D eigenvalue weighted by atomic mass is 10.0. The molecule has 1 rings (SSSR count). The van der Waals surface area contributed by atoms with Crippen molar-refractivity contribution in [2.45, 2.75) is 25.4 Å². The highest BCUT2D eigenvalue weighted by Gasteiger charge is 2.20. The highest BCUT2D eigenvalue weighted by molar-refractivity contribution is 5.88. The van der Waals surface area contributed by atoms with Crippen LogP contribution in [0.5, 0.6) is 5.75 Å². The Morgan fingerprint density at radius 2 is 1.84 bits per heavy atom. The fraction of sp³-hybridized carbons (Fsp3) is 0.333. The van der Waals surface area contributed by atoms with Crippen LogP contribution < -0.4 is 16.8 Å². The second kappa shape index (κ2) is 7.60. The molecule has 1 aromatic rings. The number of amides is 2. The van der Waals surface area contributed by atoms with Gasteiger partial charge in [0.2, 0.25) is 11.8 Å². The number of halogens is 1. The summed E-state index contributed by atoms with van der Waals surface area (Å²) in [6, 6.07) is 4.80. The molecule has 2 amide bonds. The number of primary amides is 1. The number of rotatable bonds is 5. The Bertz CT molecular complexity index is 434. The van der Waals surface area contributed by atoms with E-state index in [1.54, 1.807) is 12.1 Å². The highest BCUT2D eigenvalue weighted by atomic mass is 35.5. The molecule has 0 radical (unpaired) electrons. The molecule has 0 aliphatic rings. The van der Waals surface area contributed by atoms with E-state index in [1.807, 2.05) is 0 Å². The van der Waals surface area contributed by atoms with E-state index in [1.165, 1.54) is 19.1 Å². The highest BCUT2D eigenvalue weighted by Crippen LogP contribution is 2.11. The van der Waals surface area contributed by atoms with Crippen LogP contribution in [0.3, 0.4) is 0 Å². The topological polar surface area (TPSA) is 118 Å². The van der Waals surface area contributed by atoms with Gasteiger partial charge in [-0.05, 0) is 24.6 Å². The standard InChI is InChI=1S/C12H17N3O3.ClH/c1-7(13)12(18)15-10(11(14)17)6-8-2-4-9(16)5-3-8;/h2-5,7,10,16H,6,13H2,1H3,(H2,14,17)(H,15,18);1H. The molecule has 0 heterocycles. The number of aromatic hydroxyl groups is 1. The first-order valence-corrected chi connectivity index (χ1v) is 5.53. The van der Waals surface area contributed by atoms with Crippen LogP contribution in [0.2, 0.25) is 0 Å². The van der Waals surface area contributed by atoms with Crippen LogP contribution in [-0.4, -0.2) is 29.0 Å². The van der Waals surface area contributed by atoms with Crippen LogP contribution >= 0.6 is 12.4 Å². The van der Waals surface area contributed by atoms with E-state index in [0.29, 0.717) is 0 Å². The van der Waals surface area contributed by atoms with Gasteiger partial charge in [0.15, 0.2) is 0 Å². The fourth-order valence-electron chi connectivity index (χ4n) is 1.39. The molecule has 0 fully saturated rings. The van der Waals surface area contributed by atoms with E-state index in [9.17, 15) is 9.59 Å². The molecule has 7 heteroatoms. The van der Waals surface area contributed by atoms with Crippen molar-refractivity contribution < 1.29 is 14.7 Å². The number of phenols is 1. The third kappa shape index (κ3) is 5.58. The molecule has 0 aliphatic carbocycles. The zero-order valence-electron chi connectivity index (χ0n) is 10.5. The summed E-state index contributed by atoms with van der Waals surface area (Å²) in [6.07, 6.45) is 0.258. The predicted octanol–water partition coefficient (Wildman–Crippen LogP) is -0.326. The van der Waals surface area contributed by atoms with Crippen molar-refractivity contribution >= 4 is 24.2 Å². The molecule has 2 unspecified atom stereocenters. The SMILES string of the molecule is CC(N)C(=O)NC(Cc1ccc(O)cc1)C(N)=O.Cl. The summed E-state index contributed by atoms with van der Waals surface area (Å²) in [4.78, 5) is 22.7. The first kappa shape index (κ1) is 17.2. The first-order chi connectivity index (χ1) is 8.40. The van der Waals surface area contributed by atoms with Gasteiger partial charge in [0.25, 0.3) is 0 Å². The molecule has 6 nitrogen and oxygen atoms in total. The van der Waals surface area contributed by atoms with Crippen LogP contribution in [0.25, 0.3) is 0 Å². The van der Waals surface area contributed by atoms with E-state index in [-0.39, 0.29) is 24.6 Å². The van der Waals surface area contributed by atoms with E-state index < -0.39 is 23.9 Å². The normalized spacial score (nSPS) is 12.9. The van der Waals surface area contributed by atoms with Gasteiger partial charge in [-0.1, -0.05) is 12.1 Å². The van der Waals surface area contributed by atoms with Crippen LogP contribution in [0, 0.1) is 0 Å². The second-order valence-electron chi connectivity index (χ2n) is 4.12. The van der Waals surface area contributed by atoms with Crippen LogP contribution in [-0.2, 0) is 16.0 Å². The van der Waals surface area contributed by atoms with Crippen molar-refractivity contribution in [1.82, 2.24) is 5.32 Å². The van der Waals surface area contributed by atoms with Gasteiger partial charge in [-0.3, -0.25) is 9.59 Å². The number of hydrogen-bond donors (Lipinski definition) is 4. The molecule has 0 saturated heterocycles. The molecule has 19 heavy (non-hydrogen) atoms. The average Bonchev–Trinajstić information content (AvgIpc) is 2.30. The number of carbonyl (C=O) groups is 2. The maximum atomic E-state index is 11.4. The molecule has 6 N–H and O–H groups in total. The number of nitrogens with one attached hydrogen (secondary N) is 1. The lowest BCUT2D eigenvalue weighted by Crippen LogP contribution is -2.50. The van der Waals surface area contributed by atoms with Gasteiger partial charge in [-0.2, -0.15) is 0 Å². The Labute approximate surface area is 117 Å². The Balaban J connectivity index is 0.00000324. The summed E-state index contributed by atoms with van der Waals surface area (Å²) < 4.78 is 0. The summed E-state index contributed by atoms with van der Waals surface area (Å²) in [5.41, 5.74) is 11.4. The fourth-order valence-corrected chi connectivity index (χ4v) is 1.39. The van der Waals surface area contributed by atoms with Gasteiger partial charge >= 0.3 is 0 Å². The predicted molar refractivity (Wildman–Crippen MR) is 73.8 cm³/mol. The molecule has 106 valence electrons. The van der Waals surface area contributed by atoms with Gasteiger partial charge in [-0.15, -0.1) is 12.4 Å². The second-order valence-corrected chi connectivity index (χ2v) is 4.12. The van der Waals surface area contributed by atoms with E-state index in [4.69, 9.17) is 16.6 Å². The minimum absolute atomic E-state index is 0. The van der Waals surface area contributed by atoms with Gasteiger partial charge < -0.3 is 21.9 Å². The summed E-state index contributed by atoms with van der Waals surface area (Å²) in [5.74, 6) is -0.927. The van der Waals surface area contributed by atoms with Crippen LogP contribution in [0.4, 0.5) is 0 Å². The van der Waals surface area contributed by atoms with E-state index in [2.05, 4.69) is 5.32 Å². The van der Waals surface area contributed by atoms with Gasteiger partial charge in [0, 0.05) is 6.42 Å². The summed E-state index contributed by atoms with van der Waals surface area (Å²) >= 11 is 0. The Hall–Kier alpha value is -1.79. The summed E-state index contributed by atoms with van der Waals surface area (Å²) in [5, 5.41) is 11.6. The molecule has 0 spiro atoms. The number of carbonyl (C=O) groups excluding carboxylic acids is 2. The summed E-state index contributed by atoms with van der Waals surface area (Å²) in [6.45, 7) is 1.52. The van der Waals surface area contributed by atoms with Crippen molar-refractivity contribution in [2.24, 2.45) is 11.5 Å². The molecular formula is C12H18ClN3O3. The molecule has 0 aromatic heterocycles. The number of phenolic OH excluding ortho intramolecular Hbond substituents is 1. The van der Waals surface area contributed by atoms with Gasteiger partial charge in [0.05, 0.1) is 6.04 Å². The average molecular weight is 288 g/mol. The van der Waals surface area contributed by atoms with E-state index >= 15 is 0 Å². The van der Waals surface area contributed by atoms with Crippen molar-refractivity contribution in [3.63, 3.8) is 0 Å². The van der Waals surface area contributed by atoms with Crippen molar-refractivity contribution in [3.05, 3.63) is 29.8 Å². The monoisotopic (exact) mass is 287 g/mol. The minimum atomic E-state index is -0.812. The van der Waals surface area contributed by atoms with Gasteiger partial charge in [0.1, 0.15) is 11.8 Å². The van der Waals surface area contributed by atoms with Crippen LogP contribution in [0.15, 0.2) is 24.3 Å². The quantitative estimate of drug-likeness (QED) is 0.593. The molecule has 1 aromatic carbocycles. The Kier molecular flexibility index (Phi) is 6.89. The minimum Gasteiger partial charge on any atom is -0.508 e. The van der Waals surface area contributed by atoms with Crippen LogP contribution in [0.1, 0.15) is 12.5 Å². The third-order valence-corrected chi connectivity index (χ3v) is 2.45. The Morgan fingerprint density at radius 1 is 1.32 bits per heavy atom. The van der Waals surface area contributed by atoms with Crippen molar-refractivity contribution in [1.29, 1.82) is 0 Å². The van der Waals surface area contributed by atoms with E-state index in [0.717, 1.165) is 5.56 Å². The molecule has 2 atom stereocenters. The lowest BCUT2D eigenvalue weighted by molar-refractivity contribution is -0.127. The molecule has 0 saturated carbocycles. The largest absolute Gasteiger partial charge is 0.508 e. The number of benzene rings is 1. The molecule has 0 bridgehead atoms. The lowest BCUT2D eigenvalue weighted by Gasteiger charge is -2.17. The van der Waals surface area contributed by atoms with Crippen molar-refractivity contribution in [2.75, 3.05) is 0 Å². The number of hydrogen-bond acceptors (Lipinski definition) is 4. The van der Waals surface area contributed by atoms with Crippen molar-refractivity contribution in [3.8, 4) is 5.75 Å². The zero-order chi connectivity index (χ0) is 13.7. The molecule has 0 aliphatic heterocycles. The maximum absolute atomic E-state index is 11.4. The molecular weight excluding hydrogens is 270 g/mol. The zero-order valence-corrected chi connectivity index (χ0v) is 11.3. The first-order valence-electron chi connectivity index (χ1n) is 5.53. The van der Waals surface area contributed by atoms with Gasteiger partial charge in [-0.25, -0.2) is 0 Å². The summed E-state index contributed by atoms with van der Waals surface area (Å²) in [7, 11) is 0.